The normalized spacial score (nSPS) is 10.6. The highest BCUT2D eigenvalue weighted by Gasteiger charge is 1.98. The monoisotopic (exact) mass is 224 g/mol. The van der Waals surface area contributed by atoms with E-state index in [0.717, 1.165) is 18.9 Å². The SMILES string of the molecule is CCCCCCn1cc(NCCCC)nn1. The number of rotatable bonds is 9. The number of nitrogens with one attached hydrogen (secondary N) is 1. The van der Waals surface area contributed by atoms with E-state index in [-0.39, 0.29) is 0 Å². The Hall–Kier alpha value is -1.06. The molecule has 0 amide bonds. The predicted molar refractivity (Wildman–Crippen MR) is 67.6 cm³/mol. The van der Waals surface area contributed by atoms with Crippen molar-refractivity contribution in [1.82, 2.24) is 15.0 Å². The van der Waals surface area contributed by atoms with Gasteiger partial charge in [0.05, 0.1) is 6.20 Å². The highest BCUT2D eigenvalue weighted by molar-refractivity contribution is 5.28. The smallest absolute Gasteiger partial charge is 0.168 e. The number of nitrogens with zero attached hydrogens (tertiary/aromatic N) is 3. The van der Waals surface area contributed by atoms with E-state index in [0.29, 0.717) is 0 Å². The average Bonchev–Trinajstić information content (AvgIpc) is 2.73. The molecule has 92 valence electrons. The van der Waals surface area contributed by atoms with Crippen molar-refractivity contribution in [3.05, 3.63) is 6.20 Å². The molecule has 4 heteroatoms. The molecule has 0 atom stereocenters. The van der Waals surface area contributed by atoms with Gasteiger partial charge in [-0.1, -0.05) is 44.7 Å². The van der Waals surface area contributed by atoms with Crippen LogP contribution in [0.5, 0.6) is 0 Å². The summed E-state index contributed by atoms with van der Waals surface area (Å²) in [7, 11) is 0. The zero-order chi connectivity index (χ0) is 11.6. The molecule has 0 aromatic carbocycles. The third kappa shape index (κ3) is 5.14. The molecule has 0 spiro atoms. The number of anilines is 1. The quantitative estimate of drug-likeness (QED) is 0.655. The van der Waals surface area contributed by atoms with Gasteiger partial charge in [0.1, 0.15) is 0 Å². The average molecular weight is 224 g/mol. The molecule has 0 saturated heterocycles. The maximum absolute atomic E-state index is 4.10. The predicted octanol–water partition coefficient (Wildman–Crippen LogP) is 3.07. The first-order chi connectivity index (χ1) is 7.86. The highest BCUT2D eigenvalue weighted by atomic mass is 15.4. The number of hydrogen-bond acceptors (Lipinski definition) is 3. The van der Waals surface area contributed by atoms with Crippen LogP contribution in [0, 0.1) is 0 Å². The molecular formula is C12H24N4. The summed E-state index contributed by atoms with van der Waals surface area (Å²) in [6.07, 6.45) is 9.47. The zero-order valence-corrected chi connectivity index (χ0v) is 10.6. The first kappa shape index (κ1) is 13.0. The topological polar surface area (TPSA) is 42.7 Å². The highest BCUT2D eigenvalue weighted by Crippen LogP contribution is 2.04. The van der Waals surface area contributed by atoms with E-state index in [1.165, 1.54) is 38.5 Å². The molecule has 1 N–H and O–H groups in total. The molecule has 1 aromatic heterocycles. The lowest BCUT2D eigenvalue weighted by atomic mass is 10.2. The van der Waals surface area contributed by atoms with Gasteiger partial charge in [0.2, 0.25) is 0 Å². The number of unbranched alkanes of at least 4 members (excludes halogenated alkanes) is 4. The molecule has 4 nitrogen and oxygen atoms in total. The Morgan fingerprint density at radius 1 is 1.12 bits per heavy atom. The molecule has 0 fully saturated rings. The minimum atomic E-state index is 0.906. The van der Waals surface area contributed by atoms with Crippen LogP contribution in [0.2, 0.25) is 0 Å². The standard InChI is InChI=1S/C12H24N4/c1-3-5-7-8-10-16-11-12(14-15-16)13-9-6-4-2/h11,13H,3-10H2,1-2H3. The van der Waals surface area contributed by atoms with Crippen LogP contribution in [0.4, 0.5) is 5.82 Å². The van der Waals surface area contributed by atoms with Crippen LogP contribution in [0.3, 0.4) is 0 Å². The van der Waals surface area contributed by atoms with Gasteiger partial charge in [0.15, 0.2) is 5.82 Å². The molecular weight excluding hydrogens is 200 g/mol. The minimum Gasteiger partial charge on any atom is -0.367 e. The second-order valence-corrected chi connectivity index (χ2v) is 4.21. The van der Waals surface area contributed by atoms with Gasteiger partial charge < -0.3 is 5.32 Å². The van der Waals surface area contributed by atoms with Crippen molar-refractivity contribution in [2.24, 2.45) is 0 Å². The maximum atomic E-state index is 4.10. The van der Waals surface area contributed by atoms with Crippen LogP contribution < -0.4 is 5.32 Å². The number of aromatic nitrogens is 3. The Kier molecular flexibility index (Phi) is 6.61. The minimum absolute atomic E-state index is 0.906. The summed E-state index contributed by atoms with van der Waals surface area (Å²) in [6.45, 7) is 6.39. The van der Waals surface area contributed by atoms with Gasteiger partial charge in [-0.3, -0.25) is 4.68 Å². The largest absolute Gasteiger partial charge is 0.367 e. The van der Waals surface area contributed by atoms with Gasteiger partial charge >= 0.3 is 0 Å². The van der Waals surface area contributed by atoms with Crippen molar-refractivity contribution in [3.63, 3.8) is 0 Å². The molecule has 1 aromatic rings. The van der Waals surface area contributed by atoms with Crippen LogP contribution in [0.25, 0.3) is 0 Å². The van der Waals surface area contributed by atoms with E-state index in [2.05, 4.69) is 29.5 Å². The van der Waals surface area contributed by atoms with E-state index < -0.39 is 0 Å². The van der Waals surface area contributed by atoms with Crippen LogP contribution >= 0.6 is 0 Å². The lowest BCUT2D eigenvalue weighted by molar-refractivity contribution is 0.527. The van der Waals surface area contributed by atoms with Crippen molar-refractivity contribution < 1.29 is 0 Å². The van der Waals surface area contributed by atoms with E-state index in [9.17, 15) is 0 Å². The van der Waals surface area contributed by atoms with Crippen LogP contribution in [0.15, 0.2) is 6.20 Å². The van der Waals surface area contributed by atoms with Crippen molar-refractivity contribution >= 4 is 5.82 Å². The fourth-order valence-corrected chi connectivity index (χ4v) is 1.58. The lowest BCUT2D eigenvalue weighted by Gasteiger charge is -2.00. The molecule has 0 aliphatic rings. The molecule has 0 radical (unpaired) electrons. The first-order valence-electron chi connectivity index (χ1n) is 6.50. The van der Waals surface area contributed by atoms with Gasteiger partial charge in [-0.2, -0.15) is 0 Å². The van der Waals surface area contributed by atoms with Crippen LogP contribution in [0.1, 0.15) is 52.4 Å². The Balaban J connectivity index is 2.17. The summed E-state index contributed by atoms with van der Waals surface area (Å²) in [5.74, 6) is 0.906. The fraction of sp³-hybridized carbons (Fsp3) is 0.833. The van der Waals surface area contributed by atoms with Gasteiger partial charge in [-0.25, -0.2) is 0 Å². The Morgan fingerprint density at radius 2 is 1.94 bits per heavy atom. The van der Waals surface area contributed by atoms with Crippen molar-refractivity contribution in [3.8, 4) is 0 Å². The van der Waals surface area contributed by atoms with Crippen molar-refractivity contribution in [2.45, 2.75) is 58.9 Å². The summed E-state index contributed by atoms with van der Waals surface area (Å²) in [5, 5.41) is 11.5. The fourth-order valence-electron chi connectivity index (χ4n) is 1.58. The summed E-state index contributed by atoms with van der Waals surface area (Å²) in [4.78, 5) is 0. The van der Waals surface area contributed by atoms with Gasteiger partial charge in [0, 0.05) is 13.1 Å². The summed E-state index contributed by atoms with van der Waals surface area (Å²) in [5.41, 5.74) is 0. The second kappa shape index (κ2) is 8.13. The van der Waals surface area contributed by atoms with Crippen LogP contribution in [-0.4, -0.2) is 21.5 Å². The summed E-state index contributed by atoms with van der Waals surface area (Å²) >= 11 is 0. The van der Waals surface area contributed by atoms with Gasteiger partial charge in [-0.05, 0) is 12.8 Å². The van der Waals surface area contributed by atoms with E-state index >= 15 is 0 Å². The molecule has 0 unspecified atom stereocenters. The molecule has 1 rings (SSSR count). The summed E-state index contributed by atoms with van der Waals surface area (Å²) in [6, 6.07) is 0. The molecule has 1 heterocycles. The van der Waals surface area contributed by atoms with Gasteiger partial charge in [-0.15, -0.1) is 5.10 Å². The molecule has 0 saturated carbocycles. The molecule has 0 aliphatic carbocycles. The lowest BCUT2D eigenvalue weighted by Crippen LogP contribution is -2.01. The van der Waals surface area contributed by atoms with Crippen LogP contribution in [-0.2, 0) is 6.54 Å². The Morgan fingerprint density at radius 3 is 2.69 bits per heavy atom. The van der Waals surface area contributed by atoms with Crippen molar-refractivity contribution in [1.29, 1.82) is 0 Å². The van der Waals surface area contributed by atoms with E-state index in [1.807, 2.05) is 10.9 Å². The van der Waals surface area contributed by atoms with E-state index in [4.69, 9.17) is 0 Å². The number of aryl methyl sites for hydroxylation is 1. The third-order valence-electron chi connectivity index (χ3n) is 2.62. The maximum Gasteiger partial charge on any atom is 0.168 e. The second-order valence-electron chi connectivity index (χ2n) is 4.21. The first-order valence-corrected chi connectivity index (χ1v) is 6.50. The Labute approximate surface area is 98.4 Å². The summed E-state index contributed by atoms with van der Waals surface area (Å²) < 4.78 is 1.93. The zero-order valence-electron chi connectivity index (χ0n) is 10.6. The van der Waals surface area contributed by atoms with Crippen molar-refractivity contribution in [2.75, 3.05) is 11.9 Å². The Bertz CT molecular complexity index is 270. The number of hydrogen-bond donors (Lipinski definition) is 1. The molecule has 16 heavy (non-hydrogen) atoms. The third-order valence-corrected chi connectivity index (χ3v) is 2.62. The molecule has 0 bridgehead atoms. The molecule has 0 aliphatic heterocycles. The van der Waals surface area contributed by atoms with Gasteiger partial charge in [0.25, 0.3) is 0 Å². The van der Waals surface area contributed by atoms with E-state index in [1.54, 1.807) is 0 Å².